The first kappa shape index (κ1) is 15.7. The molecule has 0 N–H and O–H groups in total. The predicted molar refractivity (Wildman–Crippen MR) is 75.8 cm³/mol. The number of carbonyl (C=O) groups is 1. The highest BCUT2D eigenvalue weighted by Crippen LogP contribution is 2.31. The molecule has 1 fully saturated rings. The molecule has 0 radical (unpaired) electrons. The molecule has 0 unspecified atom stereocenters. The van der Waals surface area contributed by atoms with E-state index < -0.39 is 24.2 Å². The smallest absolute Gasteiger partial charge is 0.365 e. The summed E-state index contributed by atoms with van der Waals surface area (Å²) < 4.78 is 43.8. The van der Waals surface area contributed by atoms with Crippen LogP contribution in [-0.2, 0) is 4.74 Å². The van der Waals surface area contributed by atoms with E-state index in [1.165, 1.54) is 19.3 Å². The highest BCUT2D eigenvalue weighted by Gasteiger charge is 2.49. The molecule has 0 aromatic carbocycles. The summed E-state index contributed by atoms with van der Waals surface area (Å²) >= 11 is 0. The van der Waals surface area contributed by atoms with Crippen molar-refractivity contribution in [2.45, 2.75) is 25.2 Å². The molecule has 0 aliphatic carbocycles. The second-order valence-electron chi connectivity index (χ2n) is 5.31. The zero-order chi connectivity index (χ0) is 16.6. The topological polar surface area (TPSA) is 55.3 Å². The lowest BCUT2D eigenvalue weighted by molar-refractivity contribution is -0.247. The van der Waals surface area contributed by atoms with Crippen molar-refractivity contribution >= 4 is 16.8 Å². The first-order chi connectivity index (χ1) is 10.9. The van der Waals surface area contributed by atoms with Crippen LogP contribution in [0.4, 0.5) is 13.2 Å². The standard InChI is InChI=1S/C15H14F3N3O2/c1-9-13(15(16,17)18)23-8-7-21(9)14(22)12-11-10(4-6-20-12)3-2-5-19-11/h2-6,9,13H,7-8H2,1H3/t9-,13-/m0/s1. The van der Waals surface area contributed by atoms with Gasteiger partial charge in [0.05, 0.1) is 12.6 Å². The zero-order valence-corrected chi connectivity index (χ0v) is 12.2. The largest absolute Gasteiger partial charge is 0.416 e. The van der Waals surface area contributed by atoms with Gasteiger partial charge in [0.1, 0.15) is 5.52 Å². The van der Waals surface area contributed by atoms with Crippen LogP contribution in [0.2, 0.25) is 0 Å². The van der Waals surface area contributed by atoms with Gasteiger partial charge >= 0.3 is 6.18 Å². The molecule has 2 aromatic heterocycles. The fourth-order valence-corrected chi connectivity index (χ4v) is 2.73. The summed E-state index contributed by atoms with van der Waals surface area (Å²) in [4.78, 5) is 22.0. The lowest BCUT2D eigenvalue weighted by Gasteiger charge is -2.39. The Bertz CT molecular complexity index is 730. The van der Waals surface area contributed by atoms with Crippen LogP contribution in [0.1, 0.15) is 17.4 Å². The third-order valence-corrected chi connectivity index (χ3v) is 3.87. The van der Waals surface area contributed by atoms with Crippen LogP contribution >= 0.6 is 0 Å². The minimum Gasteiger partial charge on any atom is -0.365 e. The Labute approximate surface area is 130 Å². The number of nitrogens with zero attached hydrogens (tertiary/aromatic N) is 3. The molecule has 2 atom stereocenters. The maximum absolute atomic E-state index is 13.0. The van der Waals surface area contributed by atoms with Gasteiger partial charge in [-0.3, -0.25) is 9.78 Å². The van der Waals surface area contributed by atoms with Gasteiger partial charge in [0, 0.05) is 24.3 Å². The monoisotopic (exact) mass is 325 g/mol. The molecular weight excluding hydrogens is 311 g/mol. The Hall–Kier alpha value is -2.22. The van der Waals surface area contributed by atoms with Gasteiger partial charge in [-0.05, 0) is 19.1 Å². The molecule has 0 saturated carbocycles. The van der Waals surface area contributed by atoms with Crippen molar-refractivity contribution in [3.05, 3.63) is 36.3 Å². The molecule has 1 saturated heterocycles. The second kappa shape index (κ2) is 5.77. The fraction of sp³-hybridized carbons (Fsp3) is 0.400. The van der Waals surface area contributed by atoms with Gasteiger partial charge < -0.3 is 9.64 Å². The van der Waals surface area contributed by atoms with Gasteiger partial charge in [-0.1, -0.05) is 6.07 Å². The van der Waals surface area contributed by atoms with Crippen LogP contribution in [0.15, 0.2) is 30.6 Å². The number of fused-ring (bicyclic) bond motifs is 1. The van der Waals surface area contributed by atoms with Gasteiger partial charge in [-0.15, -0.1) is 0 Å². The minimum atomic E-state index is -4.52. The number of hydrogen-bond donors (Lipinski definition) is 0. The molecule has 0 bridgehead atoms. The number of morpholine rings is 1. The number of pyridine rings is 2. The summed E-state index contributed by atoms with van der Waals surface area (Å²) in [6.45, 7) is 1.24. The number of rotatable bonds is 1. The number of alkyl halides is 3. The van der Waals surface area contributed by atoms with Crippen molar-refractivity contribution in [3.63, 3.8) is 0 Å². The van der Waals surface area contributed by atoms with Gasteiger partial charge in [-0.25, -0.2) is 4.98 Å². The maximum atomic E-state index is 13.0. The number of hydrogen-bond acceptors (Lipinski definition) is 4. The first-order valence-electron chi connectivity index (χ1n) is 7.08. The SMILES string of the molecule is C[C@H]1[C@@H](C(F)(F)F)OCCN1C(=O)c1nccc2cccnc12. The number of aromatic nitrogens is 2. The highest BCUT2D eigenvalue weighted by atomic mass is 19.4. The van der Waals surface area contributed by atoms with E-state index in [9.17, 15) is 18.0 Å². The Morgan fingerprint density at radius 2 is 2.09 bits per heavy atom. The van der Waals surface area contributed by atoms with E-state index in [-0.39, 0.29) is 18.8 Å². The summed E-state index contributed by atoms with van der Waals surface area (Å²) in [5.41, 5.74) is 0.431. The third-order valence-electron chi connectivity index (χ3n) is 3.87. The van der Waals surface area contributed by atoms with Crippen LogP contribution in [0.3, 0.4) is 0 Å². The van der Waals surface area contributed by atoms with Crippen molar-refractivity contribution in [2.75, 3.05) is 13.2 Å². The Balaban J connectivity index is 1.96. The Morgan fingerprint density at radius 1 is 1.30 bits per heavy atom. The van der Waals surface area contributed by atoms with E-state index in [2.05, 4.69) is 9.97 Å². The second-order valence-corrected chi connectivity index (χ2v) is 5.31. The summed E-state index contributed by atoms with van der Waals surface area (Å²) in [5.74, 6) is -0.570. The average Bonchev–Trinajstić information content (AvgIpc) is 2.53. The first-order valence-corrected chi connectivity index (χ1v) is 7.08. The van der Waals surface area contributed by atoms with Gasteiger partial charge in [0.15, 0.2) is 11.8 Å². The van der Waals surface area contributed by atoms with Crippen LogP contribution in [0.5, 0.6) is 0 Å². The van der Waals surface area contributed by atoms with Gasteiger partial charge in [0.25, 0.3) is 5.91 Å². The van der Waals surface area contributed by atoms with Crippen LogP contribution in [0.25, 0.3) is 10.9 Å². The lowest BCUT2D eigenvalue weighted by atomic mass is 10.1. The molecule has 1 aliphatic rings. The van der Waals surface area contributed by atoms with E-state index in [1.54, 1.807) is 18.2 Å². The number of carbonyl (C=O) groups excluding carboxylic acids is 1. The van der Waals surface area contributed by atoms with E-state index in [0.717, 1.165) is 4.90 Å². The van der Waals surface area contributed by atoms with Gasteiger partial charge in [-0.2, -0.15) is 13.2 Å². The number of amides is 1. The molecule has 3 heterocycles. The molecule has 8 heteroatoms. The molecular formula is C15H14F3N3O2. The molecule has 23 heavy (non-hydrogen) atoms. The van der Waals surface area contributed by atoms with Crippen LogP contribution < -0.4 is 0 Å². The summed E-state index contributed by atoms with van der Waals surface area (Å²) in [7, 11) is 0. The quantitative estimate of drug-likeness (QED) is 0.808. The minimum absolute atomic E-state index is 0.0535. The molecule has 122 valence electrons. The van der Waals surface area contributed by atoms with E-state index >= 15 is 0 Å². The maximum Gasteiger partial charge on any atom is 0.416 e. The lowest BCUT2D eigenvalue weighted by Crippen LogP contribution is -2.57. The van der Waals surface area contributed by atoms with E-state index in [4.69, 9.17) is 4.74 Å². The van der Waals surface area contributed by atoms with Crippen LogP contribution in [-0.4, -0.2) is 52.2 Å². The van der Waals surface area contributed by atoms with Gasteiger partial charge in [0.2, 0.25) is 0 Å². The average molecular weight is 325 g/mol. The fourth-order valence-electron chi connectivity index (χ4n) is 2.73. The molecule has 0 spiro atoms. The number of ether oxygens (including phenoxy) is 1. The van der Waals surface area contributed by atoms with Crippen molar-refractivity contribution in [3.8, 4) is 0 Å². The molecule has 3 rings (SSSR count). The highest BCUT2D eigenvalue weighted by molar-refractivity contribution is 6.03. The van der Waals surface area contributed by atoms with Crippen molar-refractivity contribution in [1.29, 1.82) is 0 Å². The molecule has 1 amide bonds. The molecule has 2 aromatic rings. The third kappa shape index (κ3) is 2.86. The van der Waals surface area contributed by atoms with Crippen LogP contribution in [0, 0.1) is 0 Å². The Kier molecular flexibility index (Phi) is 3.93. The van der Waals surface area contributed by atoms with E-state index in [1.807, 2.05) is 0 Å². The Morgan fingerprint density at radius 3 is 2.83 bits per heavy atom. The number of halogens is 3. The van der Waals surface area contributed by atoms with Crippen molar-refractivity contribution < 1.29 is 22.7 Å². The normalized spacial score (nSPS) is 22.3. The van der Waals surface area contributed by atoms with E-state index in [0.29, 0.717) is 10.9 Å². The molecule has 1 aliphatic heterocycles. The summed E-state index contributed by atoms with van der Waals surface area (Å²) in [6, 6.07) is 4.05. The molecule has 5 nitrogen and oxygen atoms in total. The predicted octanol–water partition coefficient (Wildman–Crippen LogP) is 2.42. The summed E-state index contributed by atoms with van der Waals surface area (Å²) in [5, 5.41) is 0.708. The van der Waals surface area contributed by atoms with Crippen molar-refractivity contribution in [1.82, 2.24) is 14.9 Å². The van der Waals surface area contributed by atoms with Crippen molar-refractivity contribution in [2.24, 2.45) is 0 Å². The zero-order valence-electron chi connectivity index (χ0n) is 12.2. The summed E-state index contributed by atoms with van der Waals surface area (Å²) in [6.07, 6.45) is -3.56.